The van der Waals surface area contributed by atoms with Gasteiger partial charge >= 0.3 is 5.97 Å². The summed E-state index contributed by atoms with van der Waals surface area (Å²) in [5, 5.41) is 14.6. The largest absolute Gasteiger partial charge is 0.476 e. The summed E-state index contributed by atoms with van der Waals surface area (Å²) >= 11 is 0. The SMILES string of the molecule is CCNC(=O)CNc1nc2ccccn2c1C(=O)O. The molecule has 3 N–H and O–H groups in total. The molecule has 0 fully saturated rings. The molecule has 0 radical (unpaired) electrons. The molecule has 2 aromatic heterocycles. The Morgan fingerprint density at radius 2 is 2.21 bits per heavy atom. The number of likely N-dealkylation sites (N-methyl/N-ethyl adjacent to an activating group) is 1. The van der Waals surface area contributed by atoms with Crippen molar-refractivity contribution in [3.05, 3.63) is 30.1 Å². The summed E-state index contributed by atoms with van der Waals surface area (Å²) < 4.78 is 1.46. The Morgan fingerprint density at radius 1 is 1.42 bits per heavy atom. The first-order valence-electron chi connectivity index (χ1n) is 5.84. The molecule has 0 aliphatic rings. The van der Waals surface area contributed by atoms with E-state index in [0.29, 0.717) is 12.2 Å². The minimum absolute atomic E-state index is 0.0138. The summed E-state index contributed by atoms with van der Waals surface area (Å²) in [6, 6.07) is 5.18. The van der Waals surface area contributed by atoms with E-state index in [9.17, 15) is 14.7 Å². The first-order valence-corrected chi connectivity index (χ1v) is 5.84. The zero-order valence-corrected chi connectivity index (χ0v) is 10.4. The van der Waals surface area contributed by atoms with Crippen molar-refractivity contribution in [3.63, 3.8) is 0 Å². The number of fused-ring (bicyclic) bond motifs is 1. The monoisotopic (exact) mass is 262 g/mol. The lowest BCUT2D eigenvalue weighted by Crippen LogP contribution is -2.29. The fourth-order valence-corrected chi connectivity index (χ4v) is 1.75. The van der Waals surface area contributed by atoms with Crippen molar-refractivity contribution in [3.8, 4) is 0 Å². The Morgan fingerprint density at radius 3 is 2.89 bits per heavy atom. The molecule has 0 aliphatic carbocycles. The second-order valence-corrected chi connectivity index (χ2v) is 3.85. The van der Waals surface area contributed by atoms with E-state index in [4.69, 9.17) is 0 Å². The molecule has 0 saturated heterocycles. The van der Waals surface area contributed by atoms with Crippen LogP contribution in [0.3, 0.4) is 0 Å². The normalized spacial score (nSPS) is 10.4. The number of hydrogen-bond donors (Lipinski definition) is 3. The van der Waals surface area contributed by atoms with Gasteiger partial charge in [-0.1, -0.05) is 6.07 Å². The highest BCUT2D eigenvalue weighted by molar-refractivity contribution is 5.93. The van der Waals surface area contributed by atoms with E-state index in [1.807, 2.05) is 6.92 Å². The van der Waals surface area contributed by atoms with Crippen molar-refractivity contribution in [1.29, 1.82) is 0 Å². The molecular formula is C12H14N4O3. The van der Waals surface area contributed by atoms with Gasteiger partial charge in [0.25, 0.3) is 0 Å². The van der Waals surface area contributed by atoms with Crippen LogP contribution in [0.25, 0.3) is 5.65 Å². The number of hydrogen-bond acceptors (Lipinski definition) is 4. The van der Waals surface area contributed by atoms with Crippen LogP contribution in [0.5, 0.6) is 0 Å². The lowest BCUT2D eigenvalue weighted by Gasteiger charge is -2.04. The molecule has 2 rings (SSSR count). The van der Waals surface area contributed by atoms with E-state index in [0.717, 1.165) is 0 Å². The van der Waals surface area contributed by atoms with Crippen molar-refractivity contribution in [2.24, 2.45) is 0 Å². The molecule has 0 aliphatic heterocycles. The van der Waals surface area contributed by atoms with E-state index in [1.165, 1.54) is 4.40 Å². The van der Waals surface area contributed by atoms with Gasteiger partial charge < -0.3 is 15.7 Å². The molecule has 7 nitrogen and oxygen atoms in total. The highest BCUT2D eigenvalue weighted by Crippen LogP contribution is 2.17. The number of nitrogens with one attached hydrogen (secondary N) is 2. The van der Waals surface area contributed by atoms with Gasteiger partial charge in [-0.25, -0.2) is 9.78 Å². The molecule has 1 amide bonds. The fourth-order valence-electron chi connectivity index (χ4n) is 1.75. The molecule has 0 saturated carbocycles. The summed E-state index contributed by atoms with van der Waals surface area (Å²) in [6.45, 7) is 2.32. The Balaban J connectivity index is 2.29. The lowest BCUT2D eigenvalue weighted by molar-refractivity contribution is -0.119. The minimum Gasteiger partial charge on any atom is -0.476 e. The van der Waals surface area contributed by atoms with Gasteiger partial charge in [-0.2, -0.15) is 0 Å². The van der Waals surface area contributed by atoms with Gasteiger partial charge in [0.05, 0.1) is 6.54 Å². The summed E-state index contributed by atoms with van der Waals surface area (Å²) in [5.74, 6) is -1.13. The Bertz CT molecular complexity index is 620. The molecule has 7 heteroatoms. The van der Waals surface area contributed by atoms with Crippen molar-refractivity contribution in [2.45, 2.75) is 6.92 Å². The van der Waals surface area contributed by atoms with Crippen LogP contribution in [-0.2, 0) is 4.79 Å². The van der Waals surface area contributed by atoms with Crippen LogP contribution < -0.4 is 10.6 Å². The molecular weight excluding hydrogens is 248 g/mol. The third-order valence-corrected chi connectivity index (χ3v) is 2.52. The second kappa shape index (κ2) is 5.38. The van der Waals surface area contributed by atoms with E-state index in [1.54, 1.807) is 24.4 Å². The smallest absolute Gasteiger partial charge is 0.356 e. The first kappa shape index (κ1) is 12.9. The number of carbonyl (C=O) groups excluding carboxylic acids is 1. The summed E-state index contributed by atoms with van der Waals surface area (Å²) in [4.78, 5) is 26.8. The molecule has 19 heavy (non-hydrogen) atoms. The van der Waals surface area contributed by atoms with E-state index >= 15 is 0 Å². The van der Waals surface area contributed by atoms with Gasteiger partial charge in [0, 0.05) is 12.7 Å². The number of nitrogens with zero attached hydrogens (tertiary/aromatic N) is 2. The van der Waals surface area contributed by atoms with Crippen LogP contribution in [0.1, 0.15) is 17.4 Å². The van der Waals surface area contributed by atoms with Gasteiger partial charge in [0.15, 0.2) is 11.5 Å². The predicted molar refractivity (Wildman–Crippen MR) is 69.3 cm³/mol. The van der Waals surface area contributed by atoms with E-state index in [2.05, 4.69) is 15.6 Å². The fraction of sp³-hybridized carbons (Fsp3) is 0.250. The van der Waals surface area contributed by atoms with Crippen molar-refractivity contribution < 1.29 is 14.7 Å². The standard InChI is InChI=1S/C12H14N4O3/c1-2-13-9(17)7-14-11-10(12(18)19)16-6-4-3-5-8(16)15-11/h3-6,14H,2,7H2,1H3,(H,13,17)(H,18,19). The van der Waals surface area contributed by atoms with Crippen molar-refractivity contribution >= 4 is 23.3 Å². The molecule has 0 aromatic carbocycles. The third-order valence-electron chi connectivity index (χ3n) is 2.52. The predicted octanol–water partition coefficient (Wildman–Crippen LogP) is 0.580. The Hall–Kier alpha value is -2.57. The summed E-state index contributed by atoms with van der Waals surface area (Å²) in [7, 11) is 0. The molecule has 100 valence electrons. The number of carboxylic acids is 1. The number of carbonyl (C=O) groups is 2. The molecule has 0 atom stereocenters. The van der Waals surface area contributed by atoms with Crippen molar-refractivity contribution in [1.82, 2.24) is 14.7 Å². The van der Waals surface area contributed by atoms with Crippen LogP contribution in [0.15, 0.2) is 24.4 Å². The van der Waals surface area contributed by atoms with Gasteiger partial charge in [0.1, 0.15) is 5.65 Å². The van der Waals surface area contributed by atoms with Crippen LogP contribution in [-0.4, -0.2) is 39.5 Å². The number of imidazole rings is 1. The van der Waals surface area contributed by atoms with Crippen LogP contribution in [0.4, 0.5) is 5.82 Å². The van der Waals surface area contributed by atoms with Crippen LogP contribution in [0, 0.1) is 0 Å². The number of aromatic carboxylic acids is 1. The zero-order valence-electron chi connectivity index (χ0n) is 10.4. The number of amides is 1. The number of rotatable bonds is 5. The average Bonchev–Trinajstić information content (AvgIpc) is 2.75. The molecule has 0 spiro atoms. The average molecular weight is 262 g/mol. The number of carboxylic acid groups (broad SMARTS) is 1. The maximum atomic E-state index is 11.4. The number of aromatic nitrogens is 2. The second-order valence-electron chi connectivity index (χ2n) is 3.85. The Labute approximate surface area is 109 Å². The van der Waals surface area contributed by atoms with E-state index in [-0.39, 0.29) is 24.0 Å². The Kier molecular flexibility index (Phi) is 3.65. The number of pyridine rings is 1. The van der Waals surface area contributed by atoms with Gasteiger partial charge in [0.2, 0.25) is 5.91 Å². The van der Waals surface area contributed by atoms with Gasteiger partial charge in [-0.05, 0) is 19.1 Å². The molecule has 0 unspecified atom stereocenters. The van der Waals surface area contributed by atoms with Gasteiger partial charge in [-0.3, -0.25) is 9.20 Å². The quantitative estimate of drug-likeness (QED) is 0.732. The third kappa shape index (κ3) is 2.65. The van der Waals surface area contributed by atoms with Crippen LogP contribution in [0.2, 0.25) is 0 Å². The maximum Gasteiger partial charge on any atom is 0.356 e. The molecule has 0 bridgehead atoms. The molecule has 2 aromatic rings. The first-order chi connectivity index (χ1) is 9.13. The van der Waals surface area contributed by atoms with Gasteiger partial charge in [-0.15, -0.1) is 0 Å². The van der Waals surface area contributed by atoms with E-state index < -0.39 is 5.97 Å². The summed E-state index contributed by atoms with van der Waals surface area (Å²) in [5.41, 5.74) is 0.526. The lowest BCUT2D eigenvalue weighted by atomic mass is 10.4. The maximum absolute atomic E-state index is 11.4. The zero-order chi connectivity index (χ0) is 13.8. The number of anilines is 1. The minimum atomic E-state index is -1.10. The highest BCUT2D eigenvalue weighted by atomic mass is 16.4. The van der Waals surface area contributed by atoms with Crippen LogP contribution >= 0.6 is 0 Å². The molecule has 2 heterocycles. The topological polar surface area (TPSA) is 95.7 Å². The van der Waals surface area contributed by atoms with Crippen molar-refractivity contribution in [2.75, 3.05) is 18.4 Å². The highest BCUT2D eigenvalue weighted by Gasteiger charge is 2.18. The summed E-state index contributed by atoms with van der Waals surface area (Å²) in [6.07, 6.45) is 1.61.